The van der Waals surface area contributed by atoms with E-state index in [1.54, 1.807) is 0 Å². The van der Waals surface area contributed by atoms with Gasteiger partial charge in [-0.15, -0.1) is 0 Å². The molecule has 0 amide bonds. The number of halogens is 2. The molecule has 1 atom stereocenters. The van der Waals surface area contributed by atoms with Crippen LogP contribution in [-0.4, -0.2) is 11.2 Å². The molecule has 0 aliphatic heterocycles. The van der Waals surface area contributed by atoms with Crippen LogP contribution in [0.1, 0.15) is 17.5 Å². The molecule has 0 saturated carbocycles. The van der Waals surface area contributed by atoms with Crippen LogP contribution in [-0.2, 0) is 12.8 Å². The maximum Gasteiger partial charge on any atom is 0.159 e. The maximum absolute atomic E-state index is 12.8. The summed E-state index contributed by atoms with van der Waals surface area (Å²) in [5.74, 6) is -1.62. The van der Waals surface area contributed by atoms with Crippen molar-refractivity contribution < 1.29 is 13.9 Å². The summed E-state index contributed by atoms with van der Waals surface area (Å²) in [5, 5.41) is 9.30. The van der Waals surface area contributed by atoms with Crippen molar-refractivity contribution in [3.63, 3.8) is 0 Å². The summed E-state index contributed by atoms with van der Waals surface area (Å²) in [4.78, 5) is 0. The molecule has 1 unspecified atom stereocenters. The lowest BCUT2D eigenvalue weighted by atomic mass is 9.90. The van der Waals surface area contributed by atoms with Crippen molar-refractivity contribution in [2.45, 2.75) is 25.4 Å². The number of rotatable bonds is 0. The highest BCUT2D eigenvalue weighted by molar-refractivity contribution is 5.31. The van der Waals surface area contributed by atoms with Gasteiger partial charge in [0.05, 0.1) is 6.10 Å². The zero-order valence-corrected chi connectivity index (χ0v) is 7.06. The Bertz CT molecular complexity index is 336. The summed E-state index contributed by atoms with van der Waals surface area (Å²) >= 11 is 0. The molecule has 2 rings (SSSR count). The van der Waals surface area contributed by atoms with Crippen molar-refractivity contribution in [2.24, 2.45) is 0 Å². The van der Waals surface area contributed by atoms with Crippen molar-refractivity contribution >= 4 is 0 Å². The van der Waals surface area contributed by atoms with E-state index < -0.39 is 17.7 Å². The fourth-order valence-corrected chi connectivity index (χ4v) is 1.73. The van der Waals surface area contributed by atoms with Crippen LogP contribution in [0.15, 0.2) is 12.1 Å². The average Bonchev–Trinajstić information content (AvgIpc) is 2.08. The van der Waals surface area contributed by atoms with Crippen LogP contribution in [0, 0.1) is 11.6 Å². The molecule has 3 heteroatoms. The zero-order chi connectivity index (χ0) is 9.42. The first-order valence-electron chi connectivity index (χ1n) is 4.31. The monoisotopic (exact) mass is 184 g/mol. The fraction of sp³-hybridized carbons (Fsp3) is 0.400. The maximum atomic E-state index is 12.8. The molecule has 70 valence electrons. The highest BCUT2D eigenvalue weighted by Gasteiger charge is 2.18. The Morgan fingerprint density at radius 1 is 1.15 bits per heavy atom. The minimum atomic E-state index is -0.826. The number of fused-ring (bicyclic) bond motifs is 1. The first-order chi connectivity index (χ1) is 6.16. The van der Waals surface area contributed by atoms with Crippen LogP contribution in [0.3, 0.4) is 0 Å². The van der Waals surface area contributed by atoms with E-state index in [4.69, 9.17) is 0 Å². The Labute approximate surface area is 75.0 Å². The van der Waals surface area contributed by atoms with Crippen molar-refractivity contribution in [1.29, 1.82) is 0 Å². The van der Waals surface area contributed by atoms with Gasteiger partial charge in [0, 0.05) is 0 Å². The van der Waals surface area contributed by atoms with Gasteiger partial charge in [0.1, 0.15) is 0 Å². The molecule has 0 radical (unpaired) electrons. The third kappa shape index (κ3) is 1.56. The van der Waals surface area contributed by atoms with Gasteiger partial charge >= 0.3 is 0 Å². The molecule has 1 aliphatic carbocycles. The predicted molar refractivity (Wildman–Crippen MR) is 44.4 cm³/mol. The highest BCUT2D eigenvalue weighted by atomic mass is 19.2. The van der Waals surface area contributed by atoms with Gasteiger partial charge in [0.2, 0.25) is 0 Å². The van der Waals surface area contributed by atoms with Crippen LogP contribution >= 0.6 is 0 Å². The summed E-state index contributed by atoms with van der Waals surface area (Å²) < 4.78 is 25.5. The van der Waals surface area contributed by atoms with Crippen LogP contribution in [0.4, 0.5) is 8.78 Å². The molecule has 1 aromatic rings. The van der Waals surface area contributed by atoms with Crippen molar-refractivity contribution in [1.82, 2.24) is 0 Å². The third-order valence-electron chi connectivity index (χ3n) is 2.44. The van der Waals surface area contributed by atoms with E-state index in [1.807, 2.05) is 0 Å². The van der Waals surface area contributed by atoms with Crippen molar-refractivity contribution in [3.8, 4) is 0 Å². The lowest BCUT2D eigenvalue weighted by Gasteiger charge is -2.20. The van der Waals surface area contributed by atoms with Crippen molar-refractivity contribution in [2.75, 3.05) is 0 Å². The van der Waals surface area contributed by atoms with E-state index in [1.165, 1.54) is 12.1 Å². The molecule has 1 nitrogen and oxygen atoms in total. The predicted octanol–water partition coefficient (Wildman–Crippen LogP) is 1.81. The number of hydrogen-bond acceptors (Lipinski definition) is 1. The minimum absolute atomic E-state index is 0.405. The second kappa shape index (κ2) is 3.07. The summed E-state index contributed by atoms with van der Waals surface area (Å²) in [5.41, 5.74) is 1.56. The van der Waals surface area contributed by atoms with E-state index >= 15 is 0 Å². The van der Waals surface area contributed by atoms with Gasteiger partial charge in [-0.05, 0) is 42.5 Å². The number of aryl methyl sites for hydroxylation is 1. The Morgan fingerprint density at radius 2 is 1.77 bits per heavy atom. The smallest absolute Gasteiger partial charge is 0.159 e. The molecule has 1 N–H and O–H groups in total. The molecule has 1 aliphatic rings. The van der Waals surface area contributed by atoms with Crippen molar-refractivity contribution in [3.05, 3.63) is 34.9 Å². The quantitative estimate of drug-likeness (QED) is 0.652. The molecule has 0 aromatic heterocycles. The van der Waals surface area contributed by atoms with E-state index in [0.29, 0.717) is 19.3 Å². The Morgan fingerprint density at radius 3 is 2.46 bits per heavy atom. The second-order valence-electron chi connectivity index (χ2n) is 3.43. The lowest BCUT2D eigenvalue weighted by Crippen LogP contribution is -2.19. The van der Waals surface area contributed by atoms with E-state index in [2.05, 4.69) is 0 Å². The third-order valence-corrected chi connectivity index (χ3v) is 2.44. The van der Waals surface area contributed by atoms with Gasteiger partial charge < -0.3 is 5.11 Å². The first kappa shape index (κ1) is 8.63. The topological polar surface area (TPSA) is 20.2 Å². The minimum Gasteiger partial charge on any atom is -0.393 e. The molecular weight excluding hydrogens is 174 g/mol. The molecule has 1 aromatic carbocycles. The van der Waals surface area contributed by atoms with Gasteiger partial charge in [0.15, 0.2) is 11.6 Å². The number of aliphatic hydroxyl groups excluding tert-OH is 1. The molecular formula is C10H10F2O. The van der Waals surface area contributed by atoms with Crippen LogP contribution in [0.25, 0.3) is 0 Å². The van der Waals surface area contributed by atoms with Gasteiger partial charge in [-0.25, -0.2) is 8.78 Å². The van der Waals surface area contributed by atoms with Crippen LogP contribution < -0.4 is 0 Å². The molecule has 0 heterocycles. The number of hydrogen-bond donors (Lipinski definition) is 1. The Hall–Kier alpha value is -0.960. The molecule has 0 bridgehead atoms. The first-order valence-corrected chi connectivity index (χ1v) is 4.31. The molecule has 0 fully saturated rings. The summed E-state index contributed by atoms with van der Waals surface area (Å²) in [7, 11) is 0. The fourth-order valence-electron chi connectivity index (χ4n) is 1.73. The van der Waals surface area contributed by atoms with Gasteiger partial charge in [-0.1, -0.05) is 0 Å². The van der Waals surface area contributed by atoms with Gasteiger partial charge in [-0.3, -0.25) is 0 Å². The normalized spacial score (nSPS) is 21.3. The molecule has 0 saturated heterocycles. The van der Waals surface area contributed by atoms with Crippen LogP contribution in [0.2, 0.25) is 0 Å². The van der Waals surface area contributed by atoms with E-state index in [9.17, 15) is 13.9 Å². The molecule has 13 heavy (non-hydrogen) atoms. The summed E-state index contributed by atoms with van der Waals surface area (Å²) in [6.45, 7) is 0. The van der Waals surface area contributed by atoms with Gasteiger partial charge in [0.25, 0.3) is 0 Å². The average molecular weight is 184 g/mol. The summed E-state index contributed by atoms with van der Waals surface area (Å²) in [6.07, 6.45) is 1.30. The number of aliphatic hydroxyl groups is 1. The van der Waals surface area contributed by atoms with Gasteiger partial charge in [-0.2, -0.15) is 0 Å². The zero-order valence-electron chi connectivity index (χ0n) is 7.06. The highest BCUT2D eigenvalue weighted by Crippen LogP contribution is 2.23. The largest absolute Gasteiger partial charge is 0.393 e. The van der Waals surface area contributed by atoms with E-state index in [0.717, 1.165) is 11.1 Å². The lowest BCUT2D eigenvalue weighted by molar-refractivity contribution is 0.158. The Balaban J connectivity index is 2.43. The second-order valence-corrected chi connectivity index (χ2v) is 3.43. The standard InChI is InChI=1S/C10H10F2O/c11-9-4-6-1-2-8(13)3-7(6)5-10(9)12/h4-5,8,13H,1-3H2. The SMILES string of the molecule is OC1CCc2cc(F)c(F)cc2C1. The van der Waals surface area contributed by atoms with Crippen LogP contribution in [0.5, 0.6) is 0 Å². The Kier molecular flexibility index (Phi) is 2.04. The summed E-state index contributed by atoms with van der Waals surface area (Å²) in [6, 6.07) is 2.42. The van der Waals surface area contributed by atoms with E-state index in [-0.39, 0.29) is 0 Å². The molecule has 0 spiro atoms. The number of benzene rings is 1.